The zero-order valence-electron chi connectivity index (χ0n) is 11.2. The van der Waals surface area contributed by atoms with Gasteiger partial charge in [-0.2, -0.15) is 0 Å². The number of ether oxygens (including phenoxy) is 2. The van der Waals surface area contributed by atoms with E-state index < -0.39 is 0 Å². The molecule has 2 rings (SSSR count). The van der Waals surface area contributed by atoms with Crippen LogP contribution in [0.4, 0.5) is 0 Å². The van der Waals surface area contributed by atoms with Gasteiger partial charge < -0.3 is 15.2 Å². The van der Waals surface area contributed by atoms with Gasteiger partial charge in [0.1, 0.15) is 23.1 Å². The number of nitrogens with two attached hydrogens (primary N) is 1. The Labute approximate surface area is 142 Å². The quantitative estimate of drug-likeness (QED) is 0.777. The van der Waals surface area contributed by atoms with Gasteiger partial charge in [-0.25, -0.2) is 0 Å². The molecule has 0 spiro atoms. The number of benzene rings is 2. The molecule has 6 heteroatoms. The normalized spacial score (nSPS) is 10.2. The average molecular weight is 387 g/mol. The lowest BCUT2D eigenvalue weighted by Crippen LogP contribution is -2.10. The molecule has 0 aliphatic rings. The first-order chi connectivity index (χ1) is 10.0. The summed E-state index contributed by atoms with van der Waals surface area (Å²) in [7, 11) is 1.60. The monoisotopic (exact) mass is 385 g/mol. The Morgan fingerprint density at radius 1 is 1.24 bits per heavy atom. The van der Waals surface area contributed by atoms with E-state index in [2.05, 4.69) is 15.9 Å². The molecule has 2 aromatic rings. The second-order valence-electron chi connectivity index (χ2n) is 4.25. The topological polar surface area (TPSA) is 44.5 Å². The number of hydrogen-bond acceptors (Lipinski definition) is 3. The lowest BCUT2D eigenvalue weighted by atomic mass is 10.1. The van der Waals surface area contributed by atoms with Crippen LogP contribution >= 0.6 is 39.7 Å². The highest BCUT2D eigenvalue weighted by molar-refractivity contribution is 9.10. The van der Waals surface area contributed by atoms with Gasteiger partial charge in [0.15, 0.2) is 0 Å². The first kappa shape index (κ1) is 16.1. The molecular weight excluding hydrogens is 374 g/mol. The summed E-state index contributed by atoms with van der Waals surface area (Å²) in [5, 5.41) is 0.536. The van der Waals surface area contributed by atoms with Crippen LogP contribution in [0.5, 0.6) is 11.5 Å². The van der Waals surface area contributed by atoms with Crippen molar-refractivity contribution in [2.75, 3.05) is 7.11 Å². The van der Waals surface area contributed by atoms with E-state index in [1.54, 1.807) is 19.2 Å². The van der Waals surface area contributed by atoms with E-state index in [1.165, 1.54) is 0 Å². The van der Waals surface area contributed by atoms with Crippen molar-refractivity contribution in [3.8, 4) is 11.5 Å². The number of thiocarbonyl (C=S) groups is 1. The SMILES string of the molecule is COc1ccc(C(N)=S)cc1COc1ccc(Br)cc1Cl. The molecule has 2 aromatic carbocycles. The van der Waals surface area contributed by atoms with E-state index in [9.17, 15) is 0 Å². The molecule has 0 fully saturated rings. The Morgan fingerprint density at radius 2 is 1.95 bits per heavy atom. The second kappa shape index (κ2) is 7.11. The zero-order valence-corrected chi connectivity index (χ0v) is 14.4. The molecule has 0 atom stereocenters. The van der Waals surface area contributed by atoms with Gasteiger partial charge in [-0.3, -0.25) is 0 Å². The van der Waals surface area contributed by atoms with Crippen molar-refractivity contribution in [1.29, 1.82) is 0 Å². The molecule has 0 bridgehead atoms. The van der Waals surface area contributed by atoms with Crippen LogP contribution in [0.3, 0.4) is 0 Å². The third-order valence-corrected chi connectivity index (χ3v) is 3.87. The molecule has 0 amide bonds. The Balaban J connectivity index is 2.22. The van der Waals surface area contributed by atoms with Crippen LogP contribution in [0.15, 0.2) is 40.9 Å². The van der Waals surface area contributed by atoms with Crippen LogP contribution in [0.1, 0.15) is 11.1 Å². The van der Waals surface area contributed by atoms with Crippen molar-refractivity contribution in [3.05, 3.63) is 57.0 Å². The number of hydrogen-bond donors (Lipinski definition) is 1. The standard InChI is InChI=1S/C15H13BrClNO2S/c1-19-13-4-2-9(15(18)21)6-10(13)8-20-14-5-3-11(16)7-12(14)17/h2-7H,8H2,1H3,(H2,18,21). The van der Waals surface area contributed by atoms with Gasteiger partial charge in [-0.1, -0.05) is 39.7 Å². The Kier molecular flexibility index (Phi) is 5.45. The van der Waals surface area contributed by atoms with Crippen LogP contribution in [0.2, 0.25) is 5.02 Å². The van der Waals surface area contributed by atoms with E-state index in [1.807, 2.05) is 24.3 Å². The van der Waals surface area contributed by atoms with Crippen LogP contribution in [-0.4, -0.2) is 12.1 Å². The van der Waals surface area contributed by atoms with E-state index in [0.29, 0.717) is 28.1 Å². The Morgan fingerprint density at radius 3 is 2.57 bits per heavy atom. The van der Waals surface area contributed by atoms with Crippen molar-refractivity contribution in [1.82, 2.24) is 0 Å². The molecule has 0 aromatic heterocycles. The van der Waals surface area contributed by atoms with Crippen LogP contribution in [0, 0.1) is 0 Å². The first-order valence-corrected chi connectivity index (χ1v) is 7.63. The van der Waals surface area contributed by atoms with Gasteiger partial charge in [0.05, 0.1) is 12.1 Å². The zero-order chi connectivity index (χ0) is 15.4. The number of methoxy groups -OCH3 is 1. The molecule has 110 valence electrons. The van der Waals surface area contributed by atoms with Gasteiger partial charge in [-0.15, -0.1) is 0 Å². The van der Waals surface area contributed by atoms with Crippen LogP contribution in [-0.2, 0) is 6.61 Å². The maximum Gasteiger partial charge on any atom is 0.138 e. The van der Waals surface area contributed by atoms with E-state index in [0.717, 1.165) is 15.6 Å². The van der Waals surface area contributed by atoms with Gasteiger partial charge in [-0.05, 0) is 36.4 Å². The van der Waals surface area contributed by atoms with Crippen LogP contribution < -0.4 is 15.2 Å². The Hall–Kier alpha value is -1.30. The maximum atomic E-state index is 6.12. The van der Waals surface area contributed by atoms with Crippen molar-refractivity contribution in [2.24, 2.45) is 5.73 Å². The van der Waals surface area contributed by atoms with Crippen molar-refractivity contribution in [2.45, 2.75) is 6.61 Å². The van der Waals surface area contributed by atoms with Crippen molar-refractivity contribution < 1.29 is 9.47 Å². The maximum absolute atomic E-state index is 6.12. The minimum Gasteiger partial charge on any atom is -0.496 e. The fraction of sp³-hybridized carbons (Fsp3) is 0.133. The fourth-order valence-electron chi connectivity index (χ4n) is 1.79. The highest BCUT2D eigenvalue weighted by Crippen LogP contribution is 2.29. The molecule has 0 saturated carbocycles. The fourth-order valence-corrected chi connectivity index (χ4v) is 2.65. The molecule has 2 N–H and O–H groups in total. The summed E-state index contributed by atoms with van der Waals surface area (Å²) in [5.74, 6) is 1.31. The van der Waals surface area contributed by atoms with E-state index in [4.69, 9.17) is 39.0 Å². The minimum atomic E-state index is 0.307. The summed E-state index contributed by atoms with van der Waals surface area (Å²) in [6.07, 6.45) is 0. The number of rotatable bonds is 5. The largest absolute Gasteiger partial charge is 0.496 e. The molecule has 3 nitrogen and oxygen atoms in total. The highest BCUT2D eigenvalue weighted by Gasteiger charge is 2.09. The summed E-state index contributed by atoms with van der Waals surface area (Å²) in [4.78, 5) is 0.334. The van der Waals surface area contributed by atoms with E-state index in [-0.39, 0.29) is 0 Å². The van der Waals surface area contributed by atoms with Crippen molar-refractivity contribution >= 4 is 44.7 Å². The van der Waals surface area contributed by atoms with Gasteiger partial charge in [0, 0.05) is 15.6 Å². The predicted molar refractivity (Wildman–Crippen MR) is 92.4 cm³/mol. The molecule has 0 saturated heterocycles. The summed E-state index contributed by atoms with van der Waals surface area (Å²) in [5.41, 5.74) is 7.26. The molecule has 0 aliphatic carbocycles. The molecule has 0 radical (unpaired) electrons. The van der Waals surface area contributed by atoms with Gasteiger partial charge >= 0.3 is 0 Å². The van der Waals surface area contributed by atoms with E-state index >= 15 is 0 Å². The second-order valence-corrected chi connectivity index (χ2v) is 6.02. The highest BCUT2D eigenvalue weighted by atomic mass is 79.9. The molecular formula is C15H13BrClNO2S. The number of halogens is 2. The Bertz CT molecular complexity index is 679. The van der Waals surface area contributed by atoms with Gasteiger partial charge in [0.25, 0.3) is 0 Å². The summed E-state index contributed by atoms with van der Waals surface area (Å²) >= 11 is 14.5. The molecule has 0 unspecified atom stereocenters. The molecule has 0 aliphatic heterocycles. The minimum absolute atomic E-state index is 0.307. The average Bonchev–Trinajstić information content (AvgIpc) is 2.46. The predicted octanol–water partition coefficient (Wildman–Crippen LogP) is 4.32. The summed E-state index contributed by atoms with van der Waals surface area (Å²) in [6, 6.07) is 10.9. The molecule has 0 heterocycles. The van der Waals surface area contributed by atoms with Gasteiger partial charge in [0.2, 0.25) is 0 Å². The first-order valence-electron chi connectivity index (χ1n) is 6.06. The summed E-state index contributed by atoms with van der Waals surface area (Å²) < 4.78 is 11.9. The van der Waals surface area contributed by atoms with Crippen molar-refractivity contribution in [3.63, 3.8) is 0 Å². The smallest absolute Gasteiger partial charge is 0.138 e. The lowest BCUT2D eigenvalue weighted by molar-refractivity contribution is 0.297. The third kappa shape index (κ3) is 4.09. The summed E-state index contributed by atoms with van der Waals surface area (Å²) in [6.45, 7) is 0.307. The van der Waals surface area contributed by atoms with Crippen LogP contribution in [0.25, 0.3) is 0 Å². The third-order valence-electron chi connectivity index (χ3n) is 2.84. The lowest BCUT2D eigenvalue weighted by Gasteiger charge is -2.12. The molecule has 21 heavy (non-hydrogen) atoms.